The number of nitrogens with zero attached hydrogens (tertiary/aromatic N) is 1. The van der Waals surface area contributed by atoms with Gasteiger partial charge in [-0.25, -0.2) is 9.18 Å². The summed E-state index contributed by atoms with van der Waals surface area (Å²) in [5, 5.41) is 9.16. The fourth-order valence-electron chi connectivity index (χ4n) is 2.70. The van der Waals surface area contributed by atoms with Gasteiger partial charge in [0.15, 0.2) is 5.78 Å². The van der Waals surface area contributed by atoms with Crippen LogP contribution in [0.2, 0.25) is 0 Å². The summed E-state index contributed by atoms with van der Waals surface area (Å²) in [6, 6.07) is 4.41. The molecule has 7 heteroatoms. The number of aliphatic carboxylic acids is 1. The number of Topliss-reactive ketones (excluding diaryl/α,β-unsaturated/α-hetero) is 1. The molecule has 0 bridgehead atoms. The van der Waals surface area contributed by atoms with Crippen molar-refractivity contribution in [3.05, 3.63) is 35.6 Å². The summed E-state index contributed by atoms with van der Waals surface area (Å²) in [7, 11) is 0. The average Bonchev–Trinajstić information content (AvgIpc) is 3.01. The van der Waals surface area contributed by atoms with Gasteiger partial charge in [0.05, 0.1) is 10.7 Å². The van der Waals surface area contributed by atoms with Crippen LogP contribution in [-0.2, 0) is 9.59 Å². The number of rotatable bonds is 5. The first-order valence-corrected chi connectivity index (χ1v) is 8.21. The monoisotopic (exact) mass is 385 g/mol. The number of carboxylic acid groups (broad SMARTS) is 1. The normalized spacial score (nSPS) is 20.1. The molecule has 0 aliphatic carbocycles. The molecule has 0 saturated carbocycles. The van der Waals surface area contributed by atoms with Gasteiger partial charge in [0.25, 0.3) is 0 Å². The molecule has 3 atom stereocenters. The van der Waals surface area contributed by atoms with Crippen molar-refractivity contribution < 1.29 is 23.9 Å². The van der Waals surface area contributed by atoms with E-state index in [-0.39, 0.29) is 11.5 Å². The van der Waals surface area contributed by atoms with Gasteiger partial charge >= 0.3 is 5.97 Å². The van der Waals surface area contributed by atoms with E-state index in [1.807, 2.05) is 0 Å². The topological polar surface area (TPSA) is 74.7 Å². The second-order valence-electron chi connectivity index (χ2n) is 5.59. The number of hydrogen-bond donors (Lipinski definition) is 1. The molecule has 124 valence electrons. The van der Waals surface area contributed by atoms with Gasteiger partial charge in [-0.3, -0.25) is 9.59 Å². The van der Waals surface area contributed by atoms with E-state index in [4.69, 9.17) is 5.11 Å². The van der Waals surface area contributed by atoms with Gasteiger partial charge < -0.3 is 10.0 Å². The lowest BCUT2D eigenvalue weighted by atomic mass is 9.98. The molecule has 1 fully saturated rings. The van der Waals surface area contributed by atoms with Crippen molar-refractivity contribution in [2.24, 2.45) is 5.92 Å². The first-order chi connectivity index (χ1) is 10.8. The fraction of sp³-hybridized carbons (Fsp3) is 0.438. The molecule has 1 aliphatic heterocycles. The minimum absolute atomic E-state index is 0.169. The summed E-state index contributed by atoms with van der Waals surface area (Å²) in [6.07, 6.45) is 1.04. The first kappa shape index (κ1) is 17.6. The van der Waals surface area contributed by atoms with Gasteiger partial charge in [0, 0.05) is 12.1 Å². The maximum Gasteiger partial charge on any atom is 0.326 e. The Morgan fingerprint density at radius 3 is 2.70 bits per heavy atom. The Kier molecular flexibility index (Phi) is 5.51. The number of carbonyl (C=O) groups is 3. The van der Waals surface area contributed by atoms with Crippen LogP contribution in [0.5, 0.6) is 0 Å². The molecule has 0 spiro atoms. The minimum atomic E-state index is -1.04. The molecular weight excluding hydrogens is 369 g/mol. The molecule has 1 aromatic rings. The van der Waals surface area contributed by atoms with Crippen LogP contribution in [0.1, 0.15) is 30.1 Å². The molecular formula is C16H17BrFNO4. The van der Waals surface area contributed by atoms with Gasteiger partial charge in [-0.2, -0.15) is 0 Å². The quantitative estimate of drug-likeness (QED) is 0.623. The summed E-state index contributed by atoms with van der Waals surface area (Å²) in [5.74, 6) is -3.10. The number of halogens is 2. The third-order valence-electron chi connectivity index (χ3n) is 4.01. The smallest absolute Gasteiger partial charge is 0.326 e. The summed E-state index contributed by atoms with van der Waals surface area (Å²) in [5.41, 5.74) is 0.169. The Balaban J connectivity index is 2.12. The maximum absolute atomic E-state index is 13.2. The number of amides is 1. The Morgan fingerprint density at radius 1 is 1.39 bits per heavy atom. The number of carboxylic acids is 1. The van der Waals surface area contributed by atoms with Crippen LogP contribution in [0.15, 0.2) is 24.3 Å². The molecule has 0 aromatic heterocycles. The fourth-order valence-corrected chi connectivity index (χ4v) is 3.19. The van der Waals surface area contributed by atoms with Gasteiger partial charge in [-0.05, 0) is 25.0 Å². The highest BCUT2D eigenvalue weighted by Crippen LogP contribution is 2.25. The maximum atomic E-state index is 13.2. The van der Waals surface area contributed by atoms with Crippen LogP contribution in [0.3, 0.4) is 0 Å². The average molecular weight is 386 g/mol. The van der Waals surface area contributed by atoms with Crippen LogP contribution in [-0.4, -0.2) is 45.1 Å². The minimum Gasteiger partial charge on any atom is -0.480 e. The Labute approximate surface area is 141 Å². The van der Waals surface area contributed by atoms with Crippen LogP contribution in [0.25, 0.3) is 0 Å². The van der Waals surface area contributed by atoms with Gasteiger partial charge in [-0.15, -0.1) is 0 Å². The van der Waals surface area contributed by atoms with E-state index in [1.54, 1.807) is 6.92 Å². The first-order valence-electron chi connectivity index (χ1n) is 7.30. The largest absolute Gasteiger partial charge is 0.480 e. The van der Waals surface area contributed by atoms with E-state index >= 15 is 0 Å². The predicted octanol–water partition coefficient (Wildman–Crippen LogP) is 2.48. The summed E-state index contributed by atoms with van der Waals surface area (Å²) < 4.78 is 13.2. The van der Waals surface area contributed by atoms with E-state index < -0.39 is 34.4 Å². The van der Waals surface area contributed by atoms with Crippen LogP contribution >= 0.6 is 15.9 Å². The number of ketones is 1. The Bertz CT molecular complexity index is 636. The standard InChI is InChI=1S/C16H17BrFNO4/c1-9(15(21)19-7-3-6-12(19)16(22)23)13(17)14(20)10-4-2-5-11(18)8-10/h2,4-5,8-9,12-13H,3,6-7H2,1H3,(H,22,23)/t9-,12-,13+/m0/s1. The second kappa shape index (κ2) is 7.21. The number of alkyl halides is 1. The van der Waals surface area contributed by atoms with Crippen molar-refractivity contribution in [2.45, 2.75) is 30.6 Å². The van der Waals surface area contributed by atoms with Gasteiger partial charge in [0.2, 0.25) is 5.91 Å². The molecule has 1 N–H and O–H groups in total. The summed E-state index contributed by atoms with van der Waals surface area (Å²) >= 11 is 3.21. The van der Waals surface area contributed by atoms with Crippen molar-refractivity contribution in [3.63, 3.8) is 0 Å². The molecule has 1 aromatic carbocycles. The number of likely N-dealkylation sites (tertiary alicyclic amines) is 1. The zero-order valence-electron chi connectivity index (χ0n) is 12.5. The van der Waals surface area contributed by atoms with Gasteiger partial charge in [0.1, 0.15) is 11.9 Å². The van der Waals surface area contributed by atoms with Crippen molar-refractivity contribution in [1.29, 1.82) is 0 Å². The number of hydrogen-bond acceptors (Lipinski definition) is 3. The summed E-state index contributed by atoms with van der Waals surface area (Å²) in [4.78, 5) is 36.5. The van der Waals surface area contributed by atoms with E-state index in [2.05, 4.69) is 15.9 Å². The van der Waals surface area contributed by atoms with E-state index in [0.29, 0.717) is 19.4 Å². The molecule has 23 heavy (non-hydrogen) atoms. The van der Waals surface area contributed by atoms with E-state index in [9.17, 15) is 18.8 Å². The van der Waals surface area contributed by atoms with Crippen molar-refractivity contribution in [2.75, 3.05) is 6.54 Å². The highest BCUT2D eigenvalue weighted by Gasteiger charge is 2.39. The molecule has 5 nitrogen and oxygen atoms in total. The summed E-state index contributed by atoms with van der Waals surface area (Å²) in [6.45, 7) is 1.93. The van der Waals surface area contributed by atoms with Crippen LogP contribution in [0.4, 0.5) is 4.39 Å². The van der Waals surface area contributed by atoms with Crippen molar-refractivity contribution in [1.82, 2.24) is 4.90 Å². The highest BCUT2D eigenvalue weighted by atomic mass is 79.9. The number of benzene rings is 1. The third kappa shape index (κ3) is 3.77. The molecule has 0 unspecified atom stereocenters. The van der Waals surface area contributed by atoms with Crippen LogP contribution < -0.4 is 0 Å². The second-order valence-corrected chi connectivity index (χ2v) is 6.58. The zero-order chi connectivity index (χ0) is 17.1. The van der Waals surface area contributed by atoms with Crippen molar-refractivity contribution in [3.8, 4) is 0 Å². The molecule has 1 saturated heterocycles. The van der Waals surface area contributed by atoms with E-state index in [0.717, 1.165) is 6.07 Å². The van der Waals surface area contributed by atoms with E-state index in [1.165, 1.54) is 23.1 Å². The Hall–Kier alpha value is -1.76. The molecule has 1 amide bonds. The highest BCUT2D eigenvalue weighted by molar-refractivity contribution is 9.10. The lowest BCUT2D eigenvalue weighted by Gasteiger charge is -2.26. The van der Waals surface area contributed by atoms with Crippen LogP contribution in [0, 0.1) is 11.7 Å². The number of carbonyl (C=O) groups excluding carboxylic acids is 2. The lowest BCUT2D eigenvalue weighted by molar-refractivity contribution is -0.149. The van der Waals surface area contributed by atoms with Crippen molar-refractivity contribution >= 4 is 33.6 Å². The predicted molar refractivity (Wildman–Crippen MR) is 85.0 cm³/mol. The van der Waals surface area contributed by atoms with Gasteiger partial charge in [-0.1, -0.05) is 35.0 Å². The zero-order valence-corrected chi connectivity index (χ0v) is 14.1. The molecule has 0 radical (unpaired) electrons. The molecule has 1 heterocycles. The molecule has 1 aliphatic rings. The molecule has 2 rings (SSSR count). The lowest BCUT2D eigenvalue weighted by Crippen LogP contribution is -2.45. The third-order valence-corrected chi connectivity index (χ3v) is 5.22. The SMILES string of the molecule is C[C@H](C(=O)N1CCC[C@H]1C(=O)O)[C@@H](Br)C(=O)c1cccc(F)c1. The Morgan fingerprint density at radius 2 is 2.09 bits per heavy atom.